The maximum atomic E-state index is 13.4. The molecule has 6 nitrogen and oxygen atoms in total. The molecular weight excluding hydrogens is 309 g/mol. The van der Waals surface area contributed by atoms with E-state index in [-0.39, 0.29) is 22.9 Å². The van der Waals surface area contributed by atoms with Crippen molar-refractivity contribution >= 4 is 12.3 Å². The molecule has 2 aromatic rings. The van der Waals surface area contributed by atoms with Gasteiger partial charge in [0.2, 0.25) is 0 Å². The number of rotatable bonds is 4. The summed E-state index contributed by atoms with van der Waals surface area (Å²) in [4.78, 5) is 4.04. The van der Waals surface area contributed by atoms with Crippen LogP contribution in [0.5, 0.6) is 0 Å². The predicted molar refractivity (Wildman–Crippen MR) is 87.3 cm³/mol. The lowest BCUT2D eigenvalue weighted by Gasteiger charge is -1.95. The first-order valence-corrected chi connectivity index (χ1v) is 7.00. The summed E-state index contributed by atoms with van der Waals surface area (Å²) in [6.45, 7) is 4.00. The van der Waals surface area contributed by atoms with E-state index in [1.165, 1.54) is 30.4 Å². The van der Waals surface area contributed by atoms with Gasteiger partial charge in [0.1, 0.15) is 11.9 Å². The highest BCUT2D eigenvalue weighted by Crippen LogP contribution is 2.20. The van der Waals surface area contributed by atoms with Gasteiger partial charge in [-0.05, 0) is 30.4 Å². The van der Waals surface area contributed by atoms with Gasteiger partial charge in [0.05, 0.1) is 17.2 Å². The van der Waals surface area contributed by atoms with Crippen molar-refractivity contribution in [2.45, 2.75) is 13.8 Å². The molecule has 1 N–H and O–H groups in total. The molecule has 7 heteroatoms. The van der Waals surface area contributed by atoms with E-state index >= 15 is 0 Å². The Morgan fingerprint density at radius 2 is 2.04 bits per heavy atom. The summed E-state index contributed by atoms with van der Waals surface area (Å²) in [5.41, 5.74) is 0.623. The lowest BCUT2D eigenvalue weighted by molar-refractivity contribution is 0.428. The smallest absolute Gasteiger partial charge is 0.258 e. The third-order valence-corrected chi connectivity index (χ3v) is 2.52. The highest BCUT2D eigenvalue weighted by molar-refractivity contribution is 5.81. The topological polar surface area (TPSA) is 110 Å². The van der Waals surface area contributed by atoms with Crippen LogP contribution in [0.1, 0.15) is 25.2 Å². The van der Waals surface area contributed by atoms with Gasteiger partial charge in [-0.1, -0.05) is 25.1 Å². The van der Waals surface area contributed by atoms with Crippen molar-refractivity contribution in [1.82, 2.24) is 10.1 Å². The molecule has 0 aliphatic heterocycles. The Hall–Kier alpha value is -3.58. The molecule has 0 spiro atoms. The quantitative estimate of drug-likeness (QED) is 0.521. The Bertz CT molecular complexity index is 853. The Kier molecular flexibility index (Phi) is 7.26. The van der Waals surface area contributed by atoms with Gasteiger partial charge in [0, 0.05) is 11.8 Å². The summed E-state index contributed by atoms with van der Waals surface area (Å²) in [6.07, 6.45) is 5.30. The molecule has 120 valence electrons. The fourth-order valence-electron chi connectivity index (χ4n) is 1.55. The molecule has 0 bridgehead atoms. The standard InChI is InChI=1S/C15H8FN5O.C2H6/c16-13-5-11(9-19)4-12(6-13)15-20-14(21-22-15)3-1-2-10(7-17)8-18;1-2/h1-7,17H;1-2H3/b3-1+,10-2+,17-7?;. The van der Waals surface area contributed by atoms with E-state index in [2.05, 4.69) is 10.1 Å². The Balaban J connectivity index is 0.00000139. The summed E-state index contributed by atoms with van der Waals surface area (Å²) >= 11 is 0. The van der Waals surface area contributed by atoms with E-state index in [4.69, 9.17) is 20.5 Å². The van der Waals surface area contributed by atoms with Crippen LogP contribution >= 0.6 is 0 Å². The number of nitrogens with zero attached hydrogens (tertiary/aromatic N) is 4. The van der Waals surface area contributed by atoms with Crippen LogP contribution in [-0.2, 0) is 0 Å². The number of nitrogens with one attached hydrogen (secondary N) is 1. The number of aromatic nitrogens is 2. The molecule has 0 unspecified atom stereocenters. The zero-order valence-corrected chi connectivity index (χ0v) is 13.1. The minimum atomic E-state index is -0.572. The summed E-state index contributed by atoms with van der Waals surface area (Å²) < 4.78 is 18.4. The molecule has 1 aromatic heterocycles. The predicted octanol–water partition coefficient (Wildman–Crippen LogP) is 3.89. The van der Waals surface area contributed by atoms with Gasteiger partial charge in [-0.3, -0.25) is 0 Å². The number of benzene rings is 1. The van der Waals surface area contributed by atoms with Gasteiger partial charge >= 0.3 is 0 Å². The third kappa shape index (κ3) is 5.00. The molecule has 1 heterocycles. The van der Waals surface area contributed by atoms with Crippen LogP contribution < -0.4 is 0 Å². The average molecular weight is 323 g/mol. The molecule has 1 aromatic carbocycles. The van der Waals surface area contributed by atoms with Crippen LogP contribution in [0.4, 0.5) is 4.39 Å². The van der Waals surface area contributed by atoms with Gasteiger partial charge in [-0.15, -0.1) is 0 Å². The maximum absolute atomic E-state index is 13.4. The third-order valence-electron chi connectivity index (χ3n) is 2.52. The van der Waals surface area contributed by atoms with Crippen molar-refractivity contribution in [2.75, 3.05) is 0 Å². The van der Waals surface area contributed by atoms with Crippen molar-refractivity contribution in [3.05, 3.63) is 53.1 Å². The molecule has 24 heavy (non-hydrogen) atoms. The zero-order valence-electron chi connectivity index (χ0n) is 13.1. The minimum absolute atomic E-state index is 0.0761. The van der Waals surface area contributed by atoms with E-state index in [0.717, 1.165) is 12.3 Å². The van der Waals surface area contributed by atoms with Crippen molar-refractivity contribution < 1.29 is 8.91 Å². The molecule has 2 rings (SSSR count). The van der Waals surface area contributed by atoms with E-state index in [0.29, 0.717) is 5.56 Å². The van der Waals surface area contributed by atoms with Crippen LogP contribution in [-0.4, -0.2) is 16.4 Å². The first-order chi connectivity index (χ1) is 11.7. The Labute approximate surface area is 138 Å². The van der Waals surface area contributed by atoms with Crippen molar-refractivity contribution in [1.29, 1.82) is 15.9 Å². The first-order valence-electron chi connectivity index (χ1n) is 7.00. The molecule has 0 amide bonds. The Morgan fingerprint density at radius 1 is 1.29 bits per heavy atom. The van der Waals surface area contributed by atoms with Crippen molar-refractivity contribution in [3.8, 4) is 23.6 Å². The van der Waals surface area contributed by atoms with Gasteiger partial charge in [0.25, 0.3) is 5.89 Å². The van der Waals surface area contributed by atoms with Crippen LogP contribution in [0.3, 0.4) is 0 Å². The second kappa shape index (κ2) is 9.44. The molecule has 0 aliphatic rings. The number of halogens is 1. The van der Waals surface area contributed by atoms with Crippen molar-refractivity contribution in [2.24, 2.45) is 0 Å². The first kappa shape index (κ1) is 18.5. The SMILES string of the molecule is CC.N#C/C(C=N)=C/C=C/c1noc(-c2cc(F)cc(C#N)c2)n1. The summed E-state index contributed by atoms with van der Waals surface area (Å²) in [6, 6.07) is 7.38. The molecule has 0 saturated carbocycles. The molecule has 0 saturated heterocycles. The highest BCUT2D eigenvalue weighted by Gasteiger charge is 2.09. The van der Waals surface area contributed by atoms with Crippen LogP contribution in [0.25, 0.3) is 17.5 Å². The second-order valence-electron chi connectivity index (χ2n) is 4.04. The number of hydrogen-bond acceptors (Lipinski definition) is 6. The highest BCUT2D eigenvalue weighted by atomic mass is 19.1. The summed E-state index contributed by atoms with van der Waals surface area (Å²) in [5, 5.41) is 28.1. The van der Waals surface area contributed by atoms with E-state index in [1.54, 1.807) is 0 Å². The fourth-order valence-corrected chi connectivity index (χ4v) is 1.55. The molecular formula is C17H14FN5O. The normalized spacial score (nSPS) is 10.5. The van der Waals surface area contributed by atoms with Gasteiger partial charge in [-0.25, -0.2) is 4.39 Å². The average Bonchev–Trinajstić information content (AvgIpc) is 3.09. The number of nitriles is 2. The number of allylic oxidation sites excluding steroid dienone is 3. The van der Waals surface area contributed by atoms with Crippen LogP contribution in [0.15, 0.2) is 40.4 Å². The van der Waals surface area contributed by atoms with Crippen LogP contribution in [0, 0.1) is 33.9 Å². The maximum Gasteiger partial charge on any atom is 0.258 e. The van der Waals surface area contributed by atoms with Gasteiger partial charge in [-0.2, -0.15) is 15.5 Å². The van der Waals surface area contributed by atoms with Gasteiger partial charge in [0.15, 0.2) is 5.82 Å². The fraction of sp³-hybridized carbons (Fsp3) is 0.118. The minimum Gasteiger partial charge on any atom is -0.334 e. The molecule has 0 aliphatic carbocycles. The lowest BCUT2D eigenvalue weighted by Crippen LogP contribution is -1.84. The summed E-state index contributed by atoms with van der Waals surface area (Å²) in [5.74, 6) is -0.277. The van der Waals surface area contributed by atoms with Crippen molar-refractivity contribution in [3.63, 3.8) is 0 Å². The molecule has 0 fully saturated rings. The molecule has 0 radical (unpaired) electrons. The number of hydrogen-bond donors (Lipinski definition) is 1. The molecule has 0 atom stereocenters. The lowest BCUT2D eigenvalue weighted by atomic mass is 10.1. The summed E-state index contributed by atoms with van der Waals surface area (Å²) in [7, 11) is 0. The van der Waals surface area contributed by atoms with E-state index < -0.39 is 5.82 Å². The second-order valence-corrected chi connectivity index (χ2v) is 4.04. The van der Waals surface area contributed by atoms with E-state index in [1.807, 2.05) is 26.0 Å². The Morgan fingerprint density at radius 3 is 2.67 bits per heavy atom. The zero-order chi connectivity index (χ0) is 17.9. The van der Waals surface area contributed by atoms with Gasteiger partial charge < -0.3 is 9.93 Å². The van der Waals surface area contributed by atoms with E-state index in [9.17, 15) is 4.39 Å². The van der Waals surface area contributed by atoms with Crippen LogP contribution in [0.2, 0.25) is 0 Å². The monoisotopic (exact) mass is 323 g/mol. The largest absolute Gasteiger partial charge is 0.334 e.